The van der Waals surface area contributed by atoms with Crippen molar-refractivity contribution in [2.75, 3.05) is 6.54 Å². The fraction of sp³-hybridized carbons (Fsp3) is 0.500. The van der Waals surface area contributed by atoms with Gasteiger partial charge >= 0.3 is 0 Å². The van der Waals surface area contributed by atoms with Crippen LogP contribution < -0.4 is 5.32 Å². The molecule has 0 aromatic carbocycles. The maximum Gasteiger partial charge on any atom is 0.261 e. The number of nitrogens with one attached hydrogen (secondary N) is 1. The van der Waals surface area contributed by atoms with E-state index in [1.165, 1.54) is 16.2 Å². The van der Waals surface area contributed by atoms with Gasteiger partial charge in [0.25, 0.3) is 5.91 Å². The van der Waals surface area contributed by atoms with Gasteiger partial charge in [-0.25, -0.2) is 0 Å². The first-order valence-corrected chi connectivity index (χ1v) is 5.50. The van der Waals surface area contributed by atoms with Gasteiger partial charge in [-0.3, -0.25) is 4.79 Å². The molecule has 0 fully saturated rings. The third kappa shape index (κ3) is 3.12. The third-order valence-electron chi connectivity index (χ3n) is 1.79. The number of carbonyl (C=O) groups excluding carboxylic acids is 1. The average molecular weight is 213 g/mol. The molecule has 0 bridgehead atoms. The van der Waals surface area contributed by atoms with E-state index in [2.05, 4.69) is 12.2 Å². The van der Waals surface area contributed by atoms with Crippen LogP contribution in [0.2, 0.25) is 0 Å². The molecular formula is C10H15NO2S. The van der Waals surface area contributed by atoms with E-state index in [0.717, 1.165) is 6.42 Å². The van der Waals surface area contributed by atoms with Gasteiger partial charge in [-0.2, -0.15) is 0 Å². The van der Waals surface area contributed by atoms with Gasteiger partial charge in [-0.15, -0.1) is 11.3 Å². The second kappa shape index (κ2) is 5.12. The van der Waals surface area contributed by atoms with Gasteiger partial charge in [0.15, 0.2) is 0 Å². The average Bonchev–Trinajstić information content (AvgIpc) is 2.62. The van der Waals surface area contributed by atoms with Gasteiger partial charge in [-0.05, 0) is 25.5 Å². The van der Waals surface area contributed by atoms with Crippen LogP contribution in [0.1, 0.15) is 28.4 Å². The predicted molar refractivity (Wildman–Crippen MR) is 57.7 cm³/mol. The quantitative estimate of drug-likeness (QED) is 0.794. The summed E-state index contributed by atoms with van der Waals surface area (Å²) in [6, 6.07) is 3.78. The smallest absolute Gasteiger partial charge is 0.261 e. The number of rotatable bonds is 4. The van der Waals surface area contributed by atoms with Crippen molar-refractivity contribution in [3.05, 3.63) is 21.9 Å². The summed E-state index contributed by atoms with van der Waals surface area (Å²) in [5, 5.41) is 11.6. The highest BCUT2D eigenvalue weighted by atomic mass is 32.1. The molecule has 1 heterocycles. The number of aliphatic hydroxyl groups is 1. The molecule has 4 heteroatoms. The Kier molecular flexibility index (Phi) is 4.10. The highest BCUT2D eigenvalue weighted by molar-refractivity contribution is 7.14. The molecule has 0 unspecified atom stereocenters. The van der Waals surface area contributed by atoms with Crippen molar-refractivity contribution in [2.24, 2.45) is 0 Å². The summed E-state index contributed by atoms with van der Waals surface area (Å²) in [5.74, 6) is -0.101. The topological polar surface area (TPSA) is 49.3 Å². The van der Waals surface area contributed by atoms with E-state index in [-0.39, 0.29) is 5.91 Å². The molecule has 2 N–H and O–H groups in total. The Morgan fingerprint density at radius 1 is 1.64 bits per heavy atom. The molecule has 1 aromatic rings. The summed E-state index contributed by atoms with van der Waals surface area (Å²) in [6.07, 6.45) is 0.457. The zero-order valence-corrected chi connectivity index (χ0v) is 9.23. The molecule has 0 radical (unpaired) electrons. The molecule has 14 heavy (non-hydrogen) atoms. The molecule has 0 aliphatic carbocycles. The minimum absolute atomic E-state index is 0.101. The van der Waals surface area contributed by atoms with Gasteiger partial charge in [0.2, 0.25) is 0 Å². The fourth-order valence-corrected chi connectivity index (χ4v) is 1.88. The lowest BCUT2D eigenvalue weighted by molar-refractivity contribution is 0.0928. The summed E-state index contributed by atoms with van der Waals surface area (Å²) in [7, 11) is 0. The molecule has 0 aliphatic heterocycles. The van der Waals surface area contributed by atoms with Crippen LogP contribution in [0.5, 0.6) is 0 Å². The van der Waals surface area contributed by atoms with Crippen molar-refractivity contribution < 1.29 is 9.90 Å². The van der Waals surface area contributed by atoms with Crippen molar-refractivity contribution in [3.8, 4) is 0 Å². The molecule has 0 aliphatic rings. The number of aliphatic hydroxyl groups excluding tert-OH is 1. The lowest BCUT2D eigenvalue weighted by Crippen LogP contribution is -2.29. The van der Waals surface area contributed by atoms with E-state index in [1.807, 2.05) is 12.1 Å². The number of hydrogen-bond donors (Lipinski definition) is 2. The first kappa shape index (κ1) is 11.2. The summed E-state index contributed by atoms with van der Waals surface area (Å²) >= 11 is 1.50. The van der Waals surface area contributed by atoms with Crippen LogP contribution in [-0.2, 0) is 6.42 Å². The Morgan fingerprint density at radius 3 is 2.86 bits per heavy atom. The molecule has 1 rings (SSSR count). The molecule has 0 spiro atoms. The molecule has 0 saturated heterocycles. The summed E-state index contributed by atoms with van der Waals surface area (Å²) in [5.41, 5.74) is 0. The Balaban J connectivity index is 2.52. The number of thiophene rings is 1. The highest BCUT2D eigenvalue weighted by Crippen LogP contribution is 2.16. The summed E-state index contributed by atoms with van der Waals surface area (Å²) < 4.78 is 0. The van der Waals surface area contributed by atoms with Gasteiger partial charge in [0, 0.05) is 11.4 Å². The van der Waals surface area contributed by atoms with Crippen molar-refractivity contribution in [2.45, 2.75) is 26.4 Å². The van der Waals surface area contributed by atoms with Crippen molar-refractivity contribution in [3.63, 3.8) is 0 Å². The number of carbonyl (C=O) groups is 1. The first-order valence-electron chi connectivity index (χ1n) is 4.68. The van der Waals surface area contributed by atoms with E-state index >= 15 is 0 Å². The summed E-state index contributed by atoms with van der Waals surface area (Å²) in [4.78, 5) is 13.4. The van der Waals surface area contributed by atoms with Crippen LogP contribution in [0, 0.1) is 0 Å². The van der Waals surface area contributed by atoms with E-state index in [9.17, 15) is 4.79 Å². The van der Waals surface area contributed by atoms with Crippen LogP contribution in [-0.4, -0.2) is 23.7 Å². The van der Waals surface area contributed by atoms with Crippen LogP contribution >= 0.6 is 11.3 Å². The molecular weight excluding hydrogens is 198 g/mol. The maximum atomic E-state index is 11.5. The normalized spacial score (nSPS) is 12.5. The van der Waals surface area contributed by atoms with Gasteiger partial charge < -0.3 is 10.4 Å². The predicted octanol–water partition coefficient (Wildman–Crippen LogP) is 1.42. The lowest BCUT2D eigenvalue weighted by Gasteiger charge is -2.04. The van der Waals surface area contributed by atoms with Gasteiger partial charge in [0.05, 0.1) is 11.0 Å². The number of aryl methyl sites for hydroxylation is 1. The van der Waals surface area contributed by atoms with E-state index in [1.54, 1.807) is 6.92 Å². The second-order valence-electron chi connectivity index (χ2n) is 3.18. The summed E-state index contributed by atoms with van der Waals surface area (Å²) in [6.45, 7) is 4.01. The maximum absolute atomic E-state index is 11.5. The van der Waals surface area contributed by atoms with Crippen LogP contribution in [0.15, 0.2) is 12.1 Å². The Morgan fingerprint density at radius 2 is 2.36 bits per heavy atom. The van der Waals surface area contributed by atoms with Crippen LogP contribution in [0.3, 0.4) is 0 Å². The Bertz CT molecular complexity index is 307. The second-order valence-corrected chi connectivity index (χ2v) is 4.35. The first-order chi connectivity index (χ1) is 6.63. The van der Waals surface area contributed by atoms with Crippen molar-refractivity contribution in [1.82, 2.24) is 5.32 Å². The lowest BCUT2D eigenvalue weighted by atomic mass is 10.3. The van der Waals surface area contributed by atoms with Gasteiger partial charge in [-0.1, -0.05) is 6.92 Å². The Labute approximate surface area is 87.8 Å². The monoisotopic (exact) mass is 213 g/mol. The molecule has 3 nitrogen and oxygen atoms in total. The van der Waals surface area contributed by atoms with E-state index in [4.69, 9.17) is 5.11 Å². The van der Waals surface area contributed by atoms with Crippen LogP contribution in [0.25, 0.3) is 0 Å². The molecule has 1 atom stereocenters. The number of hydrogen-bond acceptors (Lipinski definition) is 3. The molecule has 0 saturated carbocycles. The molecule has 1 aromatic heterocycles. The fourth-order valence-electron chi connectivity index (χ4n) is 1.02. The zero-order valence-electron chi connectivity index (χ0n) is 8.41. The molecule has 1 amide bonds. The minimum Gasteiger partial charge on any atom is -0.392 e. The standard InChI is InChI=1S/C10H15NO2S/c1-3-8-4-5-9(14-8)10(13)11-6-7(2)12/h4-5,7,12H,3,6H2,1-2H3,(H,11,13)/t7-/m0/s1. The highest BCUT2D eigenvalue weighted by Gasteiger charge is 2.08. The van der Waals surface area contributed by atoms with E-state index < -0.39 is 6.10 Å². The van der Waals surface area contributed by atoms with Crippen molar-refractivity contribution in [1.29, 1.82) is 0 Å². The SMILES string of the molecule is CCc1ccc(C(=O)NC[C@H](C)O)s1. The van der Waals surface area contributed by atoms with Crippen molar-refractivity contribution >= 4 is 17.2 Å². The largest absolute Gasteiger partial charge is 0.392 e. The number of amides is 1. The van der Waals surface area contributed by atoms with E-state index in [0.29, 0.717) is 11.4 Å². The van der Waals surface area contributed by atoms with Crippen LogP contribution in [0.4, 0.5) is 0 Å². The van der Waals surface area contributed by atoms with Gasteiger partial charge in [0.1, 0.15) is 0 Å². The third-order valence-corrected chi connectivity index (χ3v) is 3.02. The zero-order chi connectivity index (χ0) is 10.6. The molecule has 78 valence electrons. The Hall–Kier alpha value is -0.870. The minimum atomic E-state index is -0.496.